The van der Waals surface area contributed by atoms with Crippen LogP contribution in [-0.4, -0.2) is 41.6 Å². The van der Waals surface area contributed by atoms with E-state index < -0.39 is 17.9 Å². The summed E-state index contributed by atoms with van der Waals surface area (Å²) in [4.78, 5) is 22.9. The Morgan fingerprint density at radius 1 is 1.33 bits per heavy atom. The van der Waals surface area contributed by atoms with E-state index in [1.165, 1.54) is 0 Å². The van der Waals surface area contributed by atoms with Crippen LogP contribution in [0.4, 0.5) is 0 Å². The number of carboxylic acid groups (broad SMARTS) is 1. The van der Waals surface area contributed by atoms with Gasteiger partial charge in [-0.2, -0.15) is 11.8 Å². The van der Waals surface area contributed by atoms with E-state index in [0.29, 0.717) is 17.9 Å². The SMILES string of the molecule is CSCC[C@H](NC(=O)COc1c(C)cccc1C)C(=O)O. The molecule has 21 heavy (non-hydrogen) atoms. The van der Waals surface area contributed by atoms with Gasteiger partial charge in [0.2, 0.25) is 0 Å². The first kappa shape index (κ1) is 17.4. The molecule has 0 radical (unpaired) electrons. The molecule has 0 bridgehead atoms. The molecule has 1 aromatic carbocycles. The van der Waals surface area contributed by atoms with Gasteiger partial charge in [-0.3, -0.25) is 4.79 Å². The summed E-state index contributed by atoms with van der Waals surface area (Å²) in [5.41, 5.74) is 1.89. The minimum atomic E-state index is -1.02. The van der Waals surface area contributed by atoms with Crippen LogP contribution in [0.1, 0.15) is 17.5 Å². The Hall–Kier alpha value is -1.69. The zero-order valence-corrected chi connectivity index (χ0v) is 13.3. The molecule has 0 spiro atoms. The molecule has 1 atom stereocenters. The molecule has 0 saturated carbocycles. The van der Waals surface area contributed by atoms with Gasteiger partial charge in [0.25, 0.3) is 5.91 Å². The van der Waals surface area contributed by atoms with Crippen LogP contribution >= 0.6 is 11.8 Å². The number of hydrogen-bond donors (Lipinski definition) is 2. The van der Waals surface area contributed by atoms with E-state index in [2.05, 4.69) is 5.32 Å². The Morgan fingerprint density at radius 2 is 1.95 bits per heavy atom. The maximum absolute atomic E-state index is 11.8. The molecule has 1 amide bonds. The molecular weight excluding hydrogens is 290 g/mol. The Kier molecular flexibility index (Phi) is 7.08. The average Bonchev–Trinajstić information content (AvgIpc) is 2.42. The van der Waals surface area contributed by atoms with Crippen LogP contribution in [0.25, 0.3) is 0 Å². The monoisotopic (exact) mass is 311 g/mol. The Labute approximate surface area is 129 Å². The summed E-state index contributed by atoms with van der Waals surface area (Å²) < 4.78 is 5.50. The molecule has 5 nitrogen and oxygen atoms in total. The molecule has 2 N–H and O–H groups in total. The number of amides is 1. The summed E-state index contributed by atoms with van der Waals surface area (Å²) in [5, 5.41) is 11.5. The van der Waals surface area contributed by atoms with E-state index in [9.17, 15) is 9.59 Å². The smallest absolute Gasteiger partial charge is 0.326 e. The van der Waals surface area contributed by atoms with Crippen molar-refractivity contribution >= 4 is 23.6 Å². The molecule has 0 aliphatic rings. The predicted octanol–water partition coefficient (Wildman–Crippen LogP) is 2.00. The van der Waals surface area contributed by atoms with Gasteiger partial charge in [-0.15, -0.1) is 0 Å². The second kappa shape index (κ2) is 8.56. The summed E-state index contributed by atoms with van der Waals surface area (Å²) in [6.45, 7) is 3.62. The number of benzene rings is 1. The number of carbonyl (C=O) groups excluding carboxylic acids is 1. The number of hydrogen-bond acceptors (Lipinski definition) is 4. The lowest BCUT2D eigenvalue weighted by Gasteiger charge is -2.15. The molecule has 116 valence electrons. The molecule has 0 aliphatic heterocycles. The lowest BCUT2D eigenvalue weighted by molar-refractivity contribution is -0.142. The summed E-state index contributed by atoms with van der Waals surface area (Å²) in [7, 11) is 0. The number of aliphatic carboxylic acids is 1. The van der Waals surface area contributed by atoms with Gasteiger partial charge in [0.05, 0.1) is 0 Å². The van der Waals surface area contributed by atoms with Crippen molar-refractivity contribution in [1.29, 1.82) is 0 Å². The molecule has 0 unspecified atom stereocenters. The second-order valence-corrected chi connectivity index (χ2v) is 5.74. The van der Waals surface area contributed by atoms with Gasteiger partial charge in [-0.25, -0.2) is 4.79 Å². The molecule has 0 heterocycles. The fourth-order valence-corrected chi connectivity index (χ4v) is 2.37. The summed E-state index contributed by atoms with van der Waals surface area (Å²) in [6, 6.07) is 4.85. The summed E-state index contributed by atoms with van der Waals surface area (Å²) in [5.74, 6) is -0.103. The van der Waals surface area contributed by atoms with E-state index in [0.717, 1.165) is 11.1 Å². The van der Waals surface area contributed by atoms with Crippen LogP contribution in [0.2, 0.25) is 0 Å². The van der Waals surface area contributed by atoms with Gasteiger partial charge in [0.15, 0.2) is 6.61 Å². The predicted molar refractivity (Wildman–Crippen MR) is 84.0 cm³/mol. The largest absolute Gasteiger partial charge is 0.483 e. The van der Waals surface area contributed by atoms with Gasteiger partial charge in [0.1, 0.15) is 11.8 Å². The third kappa shape index (κ3) is 5.67. The first-order valence-electron chi connectivity index (χ1n) is 6.65. The van der Waals surface area contributed by atoms with Crippen LogP contribution in [0, 0.1) is 13.8 Å². The first-order chi connectivity index (χ1) is 9.95. The van der Waals surface area contributed by atoms with Gasteiger partial charge in [0, 0.05) is 0 Å². The molecule has 1 rings (SSSR count). The van der Waals surface area contributed by atoms with Crippen molar-refractivity contribution < 1.29 is 19.4 Å². The minimum Gasteiger partial charge on any atom is -0.483 e. The molecule has 0 saturated heterocycles. The summed E-state index contributed by atoms with van der Waals surface area (Å²) in [6.07, 6.45) is 2.29. The van der Waals surface area contributed by atoms with Crippen molar-refractivity contribution in [1.82, 2.24) is 5.32 Å². The number of carbonyl (C=O) groups is 2. The Morgan fingerprint density at radius 3 is 2.48 bits per heavy atom. The van der Waals surface area contributed by atoms with E-state index in [-0.39, 0.29) is 6.61 Å². The number of rotatable bonds is 8. The molecule has 0 fully saturated rings. The van der Waals surface area contributed by atoms with Gasteiger partial charge in [-0.05, 0) is 43.4 Å². The van der Waals surface area contributed by atoms with Gasteiger partial charge < -0.3 is 15.2 Å². The second-order valence-electron chi connectivity index (χ2n) is 4.75. The van der Waals surface area contributed by atoms with Crippen molar-refractivity contribution in [3.8, 4) is 5.75 Å². The lowest BCUT2D eigenvalue weighted by Crippen LogP contribution is -2.43. The highest BCUT2D eigenvalue weighted by Crippen LogP contribution is 2.22. The highest BCUT2D eigenvalue weighted by atomic mass is 32.2. The van der Waals surface area contributed by atoms with Crippen molar-refractivity contribution in [2.45, 2.75) is 26.3 Å². The Balaban J connectivity index is 2.55. The third-order valence-corrected chi connectivity index (χ3v) is 3.64. The fourth-order valence-electron chi connectivity index (χ4n) is 1.89. The van der Waals surface area contributed by atoms with E-state index in [4.69, 9.17) is 9.84 Å². The molecule has 0 aliphatic carbocycles. The summed E-state index contributed by atoms with van der Waals surface area (Å²) >= 11 is 1.54. The maximum Gasteiger partial charge on any atom is 0.326 e. The van der Waals surface area contributed by atoms with Gasteiger partial charge in [-0.1, -0.05) is 18.2 Å². The highest BCUT2D eigenvalue weighted by Gasteiger charge is 2.19. The number of nitrogens with one attached hydrogen (secondary N) is 1. The van der Waals surface area contributed by atoms with Crippen LogP contribution in [0.3, 0.4) is 0 Å². The quantitative estimate of drug-likeness (QED) is 0.768. The van der Waals surface area contributed by atoms with Crippen molar-refractivity contribution in [3.63, 3.8) is 0 Å². The average molecular weight is 311 g/mol. The zero-order valence-electron chi connectivity index (χ0n) is 12.5. The number of para-hydroxylation sites is 1. The van der Waals surface area contributed by atoms with E-state index in [1.807, 2.05) is 38.3 Å². The molecule has 1 aromatic rings. The van der Waals surface area contributed by atoms with Crippen molar-refractivity contribution in [3.05, 3.63) is 29.3 Å². The number of ether oxygens (including phenoxy) is 1. The Bertz CT molecular complexity index is 484. The van der Waals surface area contributed by atoms with Crippen LogP contribution in [0.5, 0.6) is 5.75 Å². The molecule has 6 heteroatoms. The molecule has 0 aromatic heterocycles. The number of carboxylic acids is 1. The van der Waals surface area contributed by atoms with Crippen LogP contribution < -0.4 is 10.1 Å². The van der Waals surface area contributed by atoms with Gasteiger partial charge >= 0.3 is 5.97 Å². The van der Waals surface area contributed by atoms with Crippen molar-refractivity contribution in [2.75, 3.05) is 18.6 Å². The number of thioether (sulfide) groups is 1. The van der Waals surface area contributed by atoms with E-state index in [1.54, 1.807) is 11.8 Å². The van der Waals surface area contributed by atoms with Crippen molar-refractivity contribution in [2.24, 2.45) is 0 Å². The lowest BCUT2D eigenvalue weighted by atomic mass is 10.1. The normalized spacial score (nSPS) is 11.8. The minimum absolute atomic E-state index is 0.186. The topological polar surface area (TPSA) is 75.6 Å². The first-order valence-corrected chi connectivity index (χ1v) is 8.05. The van der Waals surface area contributed by atoms with Crippen LogP contribution in [0.15, 0.2) is 18.2 Å². The zero-order chi connectivity index (χ0) is 15.8. The van der Waals surface area contributed by atoms with Crippen LogP contribution in [-0.2, 0) is 9.59 Å². The molecular formula is C15H21NO4S. The maximum atomic E-state index is 11.8. The third-order valence-electron chi connectivity index (χ3n) is 3.00. The van der Waals surface area contributed by atoms with E-state index >= 15 is 0 Å². The highest BCUT2D eigenvalue weighted by molar-refractivity contribution is 7.98. The standard InChI is InChI=1S/C15H21NO4S/c1-10-5-4-6-11(2)14(10)20-9-13(17)16-12(15(18)19)7-8-21-3/h4-6,12H,7-9H2,1-3H3,(H,16,17)(H,18,19)/t12-/m0/s1. The number of aryl methyl sites for hydroxylation is 2. The fraction of sp³-hybridized carbons (Fsp3) is 0.467.